The number of hydrogen-bond donors (Lipinski definition) is 4. The monoisotopic (exact) mass is 1340 g/mol. The van der Waals surface area contributed by atoms with Gasteiger partial charge in [-0.2, -0.15) is 10.2 Å². The Bertz CT molecular complexity index is 3940. The number of aromatic nitrogens is 6. The summed E-state index contributed by atoms with van der Waals surface area (Å²) in [4.78, 5) is 139. The summed E-state index contributed by atoms with van der Waals surface area (Å²) in [5.41, 5.74) is 10.6. The lowest BCUT2D eigenvalue weighted by Gasteiger charge is -2.40. The quantitative estimate of drug-likeness (QED) is 0.0661. The summed E-state index contributed by atoms with van der Waals surface area (Å²) in [6, 6.07) is 16.7. The molecule has 0 radical (unpaired) electrons. The molecule has 0 spiro atoms. The van der Waals surface area contributed by atoms with Crippen molar-refractivity contribution in [3.8, 4) is 11.1 Å². The van der Waals surface area contributed by atoms with Crippen molar-refractivity contribution >= 4 is 92.4 Å². The summed E-state index contributed by atoms with van der Waals surface area (Å²) in [6.45, 7) is 7.65. The van der Waals surface area contributed by atoms with Crippen molar-refractivity contribution in [2.45, 2.75) is 122 Å². The average Bonchev–Trinajstić information content (AvgIpc) is 1.57. The van der Waals surface area contributed by atoms with Gasteiger partial charge < -0.3 is 55.8 Å². The van der Waals surface area contributed by atoms with Crippen LogP contribution in [0.15, 0.2) is 67.0 Å². The van der Waals surface area contributed by atoms with Gasteiger partial charge in [0.2, 0.25) is 41.4 Å². The minimum atomic E-state index is -0.647. The van der Waals surface area contributed by atoms with Crippen molar-refractivity contribution in [2.24, 2.45) is 30.5 Å². The fourth-order valence-corrected chi connectivity index (χ4v) is 15.2. The Morgan fingerprint density at radius 2 is 1.15 bits per heavy atom. The summed E-state index contributed by atoms with van der Waals surface area (Å²) in [5, 5.41) is 18.9. The lowest BCUT2D eigenvalue weighted by atomic mass is 9.87. The molecular formula is C71H89FN16O10. The highest BCUT2D eigenvalue weighted by Gasteiger charge is 2.39. The Hall–Kier alpha value is -9.56. The lowest BCUT2D eigenvalue weighted by molar-refractivity contribution is -0.146. The third kappa shape index (κ3) is 15.7. The summed E-state index contributed by atoms with van der Waals surface area (Å²) < 4.78 is 24.1. The van der Waals surface area contributed by atoms with Crippen LogP contribution in [0.3, 0.4) is 0 Å². The first-order valence-corrected chi connectivity index (χ1v) is 35.0. The highest BCUT2D eigenvalue weighted by molar-refractivity contribution is 6.00. The molecule has 6 aromatic rings. The topological polar surface area (TPSA) is 306 Å². The molecule has 520 valence electrons. The van der Waals surface area contributed by atoms with Crippen molar-refractivity contribution in [2.75, 3.05) is 108 Å². The largest absolute Gasteiger partial charge is 0.465 e. The molecule has 98 heavy (non-hydrogen) atoms. The number of primary amides is 1. The zero-order valence-corrected chi connectivity index (χ0v) is 56.1. The molecular weight excluding hydrogens is 1260 g/mol. The molecule has 8 amide bonds. The number of nitrogens with zero attached hydrogens (tertiary/aromatic N) is 12. The van der Waals surface area contributed by atoms with Crippen LogP contribution in [0, 0.1) is 23.6 Å². The number of carbonyl (C=O) groups excluding carboxylic acids is 9. The molecule has 5 N–H and O–H groups in total. The molecule has 0 aliphatic carbocycles. The van der Waals surface area contributed by atoms with Gasteiger partial charge in [0.15, 0.2) is 11.5 Å². The molecule has 6 aliphatic heterocycles. The van der Waals surface area contributed by atoms with Crippen LogP contribution < -0.4 is 26.6 Å². The number of anilines is 3. The van der Waals surface area contributed by atoms with Crippen LogP contribution >= 0.6 is 0 Å². The molecule has 6 fully saturated rings. The molecule has 3 aromatic carbocycles. The van der Waals surface area contributed by atoms with Crippen LogP contribution in [-0.4, -0.2) is 205 Å². The molecule has 6 aliphatic rings. The Labute approximate surface area is 568 Å². The third-order valence-corrected chi connectivity index (χ3v) is 20.8. The lowest BCUT2D eigenvalue weighted by Crippen LogP contribution is -2.50. The van der Waals surface area contributed by atoms with E-state index < -0.39 is 29.5 Å². The first-order chi connectivity index (χ1) is 47.5. The Morgan fingerprint density at radius 1 is 0.602 bits per heavy atom. The Kier molecular flexibility index (Phi) is 21.6. The minimum absolute atomic E-state index is 0.0352. The average molecular weight is 1350 g/mol. The zero-order valence-electron chi connectivity index (χ0n) is 56.1. The highest BCUT2D eigenvalue weighted by atomic mass is 19.1. The van der Waals surface area contributed by atoms with E-state index in [1.165, 1.54) is 18.1 Å². The number of halogens is 1. The van der Waals surface area contributed by atoms with Gasteiger partial charge in [-0.05, 0) is 138 Å². The molecule has 12 rings (SSSR count). The third-order valence-electron chi connectivity index (χ3n) is 20.8. The van der Waals surface area contributed by atoms with Gasteiger partial charge in [-0.3, -0.25) is 52.5 Å². The Morgan fingerprint density at radius 3 is 1.73 bits per heavy atom. The van der Waals surface area contributed by atoms with Gasteiger partial charge in [-0.1, -0.05) is 24.3 Å². The number of aryl methyl sites for hydroxylation is 1. The van der Waals surface area contributed by atoms with Gasteiger partial charge in [-0.15, -0.1) is 0 Å². The second-order valence-electron chi connectivity index (χ2n) is 27.0. The van der Waals surface area contributed by atoms with Gasteiger partial charge in [0.25, 0.3) is 5.91 Å². The van der Waals surface area contributed by atoms with Gasteiger partial charge in [0.05, 0.1) is 42.3 Å². The minimum Gasteiger partial charge on any atom is -0.465 e. The standard InChI is InChI=1S/C71H89FN16O10/c1-3-98-63(93)43-75-59(89)42-74-60(90)44-88-56-9-7-8-53(54-39-57-51(38-55(54)72)40-77-81(57)2)64(56)65(80-88)47-18-28-83(29-19-47)61(91)14-15-62(92)84-30-20-48(21-31-84)69(95)86-34-24-50(25-35-86)71(97)87-36-22-49(23-37-87)70(96)85-32-16-46(17-33-85)45-10-12-52(13-11-45)78-68-66(67(73)94)76-41-58(79-68)82-26-5-4-6-27-82/h7-13,38-41,46-50H,3-6,14-37,42-44H2,1-2H3,(H2,73,94)(H,74,90)(H,75,89)(H,78,79). The first-order valence-electron chi connectivity index (χ1n) is 35.0. The molecule has 0 bridgehead atoms. The number of fused-ring (bicyclic) bond motifs is 2. The fraction of sp³-hybridized carbons (Fsp3) is 0.535. The maximum absolute atomic E-state index is 16.1. The van der Waals surface area contributed by atoms with E-state index in [0.29, 0.717) is 162 Å². The second kappa shape index (κ2) is 30.9. The number of nitrogens with one attached hydrogen (secondary N) is 3. The number of ether oxygens (including phenoxy) is 1. The zero-order chi connectivity index (χ0) is 68.6. The number of benzene rings is 3. The van der Waals surface area contributed by atoms with Crippen molar-refractivity contribution in [3.05, 3.63) is 89.8 Å². The number of rotatable bonds is 20. The molecule has 0 saturated carbocycles. The van der Waals surface area contributed by atoms with Crippen LogP contribution in [0.25, 0.3) is 32.9 Å². The van der Waals surface area contributed by atoms with Gasteiger partial charge in [0, 0.05) is 144 Å². The summed E-state index contributed by atoms with van der Waals surface area (Å²) in [7, 11) is 1.78. The van der Waals surface area contributed by atoms with Gasteiger partial charge >= 0.3 is 5.97 Å². The SMILES string of the molecule is CCOC(=O)CNC(=O)CNC(=O)Cn1nc(C2CCN(C(=O)CCC(=O)N3CCC(C(=O)N4CCC(C(=O)N5CCC(C(=O)N6CCC(c7ccc(Nc8nc(N9CCCCC9)cnc8C(N)=O)cc7)CC6)CC5)CC4)CC3)CC2)c2c(-c3cc4c(cnn4C)cc3F)cccc21. The number of amides is 8. The van der Waals surface area contributed by atoms with Crippen molar-refractivity contribution < 1.29 is 52.3 Å². The second-order valence-corrected chi connectivity index (χ2v) is 27.0. The molecule has 0 atom stereocenters. The maximum Gasteiger partial charge on any atom is 0.325 e. The van der Waals surface area contributed by atoms with E-state index >= 15 is 4.39 Å². The highest BCUT2D eigenvalue weighted by Crippen LogP contribution is 2.41. The van der Waals surface area contributed by atoms with Crippen LogP contribution in [-0.2, 0) is 56.7 Å². The number of piperidine rings is 6. The molecule has 26 nitrogen and oxygen atoms in total. The van der Waals surface area contributed by atoms with Gasteiger partial charge in [-0.25, -0.2) is 14.4 Å². The van der Waals surface area contributed by atoms with Crippen molar-refractivity contribution in [1.29, 1.82) is 0 Å². The van der Waals surface area contributed by atoms with E-state index in [1.54, 1.807) is 57.7 Å². The van der Waals surface area contributed by atoms with E-state index in [1.807, 2.05) is 39.0 Å². The Balaban J connectivity index is 0.555. The molecule has 0 unspecified atom stereocenters. The normalized spacial score (nSPS) is 18.1. The van der Waals surface area contributed by atoms with Gasteiger partial charge in [0.1, 0.15) is 24.7 Å². The van der Waals surface area contributed by atoms with E-state index in [-0.39, 0.29) is 98.0 Å². The van der Waals surface area contributed by atoms with E-state index in [0.717, 1.165) is 55.8 Å². The molecule has 27 heteroatoms. The van der Waals surface area contributed by atoms with Crippen LogP contribution in [0.2, 0.25) is 0 Å². The maximum atomic E-state index is 16.1. The molecule has 3 aromatic heterocycles. The number of likely N-dealkylation sites (tertiary alicyclic amines) is 5. The van der Waals surface area contributed by atoms with Crippen LogP contribution in [0.5, 0.6) is 0 Å². The number of nitrogens with two attached hydrogens (primary N) is 1. The first kappa shape index (κ1) is 68.4. The molecule has 6 saturated heterocycles. The molecule has 9 heterocycles. The number of carbonyl (C=O) groups is 9. The fourth-order valence-electron chi connectivity index (χ4n) is 15.2. The van der Waals surface area contributed by atoms with Crippen molar-refractivity contribution in [1.82, 2.24) is 64.7 Å². The van der Waals surface area contributed by atoms with E-state index in [4.69, 9.17) is 20.6 Å². The van der Waals surface area contributed by atoms with Crippen molar-refractivity contribution in [3.63, 3.8) is 0 Å². The number of hydrogen-bond acceptors (Lipinski definition) is 16. The number of esters is 1. The van der Waals surface area contributed by atoms with E-state index in [9.17, 15) is 43.2 Å². The predicted molar refractivity (Wildman–Crippen MR) is 363 cm³/mol. The summed E-state index contributed by atoms with van der Waals surface area (Å²) >= 11 is 0. The van der Waals surface area contributed by atoms with Crippen LogP contribution in [0.4, 0.5) is 21.7 Å². The van der Waals surface area contributed by atoms with Crippen LogP contribution in [0.1, 0.15) is 137 Å². The predicted octanol–water partition coefficient (Wildman–Crippen LogP) is 5.76. The summed E-state index contributed by atoms with van der Waals surface area (Å²) in [5.74, 6) is -2.09. The summed E-state index contributed by atoms with van der Waals surface area (Å²) in [6.07, 6.45) is 12.9. The smallest absolute Gasteiger partial charge is 0.325 e. The van der Waals surface area contributed by atoms with E-state index in [2.05, 4.69) is 43.1 Å².